The van der Waals surface area contributed by atoms with Gasteiger partial charge in [0.05, 0.1) is 11.0 Å². The number of benzene rings is 1. The van der Waals surface area contributed by atoms with Crippen LogP contribution in [0.2, 0.25) is 0 Å². The third-order valence-electron chi connectivity index (χ3n) is 5.60. The van der Waals surface area contributed by atoms with Crippen LogP contribution in [0.15, 0.2) is 29.2 Å². The van der Waals surface area contributed by atoms with Crippen molar-refractivity contribution in [2.45, 2.75) is 69.4 Å². The van der Waals surface area contributed by atoms with E-state index in [0.29, 0.717) is 17.4 Å². The highest BCUT2D eigenvalue weighted by atomic mass is 32.2. The SMILES string of the molecule is CC(C)C(CNS(=O)(=O)c1ccc(OC2CCCC2)cc1)N1CCCC1. The highest BCUT2D eigenvalue weighted by Crippen LogP contribution is 2.25. The Hall–Kier alpha value is -1.11. The Labute approximate surface area is 158 Å². The molecule has 1 saturated heterocycles. The quantitative estimate of drug-likeness (QED) is 0.751. The fourth-order valence-corrected chi connectivity index (χ4v) is 5.09. The van der Waals surface area contributed by atoms with Crippen LogP contribution in [0.4, 0.5) is 0 Å². The molecule has 2 fully saturated rings. The molecule has 1 saturated carbocycles. The van der Waals surface area contributed by atoms with Crippen molar-refractivity contribution in [1.29, 1.82) is 0 Å². The summed E-state index contributed by atoms with van der Waals surface area (Å²) in [5.41, 5.74) is 0. The van der Waals surface area contributed by atoms with Gasteiger partial charge in [-0.25, -0.2) is 13.1 Å². The van der Waals surface area contributed by atoms with Crippen LogP contribution in [-0.2, 0) is 10.0 Å². The Bertz CT molecular complexity index is 661. The van der Waals surface area contributed by atoms with Crippen LogP contribution in [0.25, 0.3) is 0 Å². The number of sulfonamides is 1. The van der Waals surface area contributed by atoms with Gasteiger partial charge < -0.3 is 4.74 Å². The summed E-state index contributed by atoms with van der Waals surface area (Å²) < 4.78 is 34.1. The van der Waals surface area contributed by atoms with E-state index in [-0.39, 0.29) is 12.1 Å². The second-order valence-electron chi connectivity index (χ2n) is 7.90. The second-order valence-corrected chi connectivity index (χ2v) is 9.67. The van der Waals surface area contributed by atoms with Crippen LogP contribution in [0.1, 0.15) is 52.4 Å². The first-order chi connectivity index (χ1) is 12.5. The lowest BCUT2D eigenvalue weighted by molar-refractivity contribution is 0.193. The Morgan fingerprint density at radius 3 is 2.27 bits per heavy atom. The topological polar surface area (TPSA) is 58.6 Å². The highest BCUT2D eigenvalue weighted by Gasteiger charge is 2.26. The maximum atomic E-state index is 12.7. The Balaban J connectivity index is 1.59. The lowest BCUT2D eigenvalue weighted by Crippen LogP contribution is -2.45. The summed E-state index contributed by atoms with van der Waals surface area (Å²) in [6, 6.07) is 7.08. The Morgan fingerprint density at radius 1 is 1.08 bits per heavy atom. The average molecular weight is 381 g/mol. The van der Waals surface area contributed by atoms with Gasteiger partial charge in [-0.1, -0.05) is 13.8 Å². The summed E-state index contributed by atoms with van der Waals surface area (Å²) >= 11 is 0. The first kappa shape index (κ1) is 19.6. The van der Waals surface area contributed by atoms with Gasteiger partial charge in [-0.05, 0) is 81.8 Å². The van der Waals surface area contributed by atoms with Gasteiger partial charge in [-0.15, -0.1) is 0 Å². The number of rotatable bonds is 8. The summed E-state index contributed by atoms with van der Waals surface area (Å²) in [6.07, 6.45) is 7.31. The van der Waals surface area contributed by atoms with Crippen molar-refractivity contribution < 1.29 is 13.2 Å². The molecule has 0 radical (unpaired) electrons. The van der Waals surface area contributed by atoms with Gasteiger partial charge in [0.1, 0.15) is 5.75 Å². The van der Waals surface area contributed by atoms with Crippen molar-refractivity contribution in [2.24, 2.45) is 5.92 Å². The standard InChI is InChI=1S/C20H32N2O3S/c1-16(2)20(22-13-5-6-14-22)15-21-26(23,24)19-11-9-18(10-12-19)25-17-7-3-4-8-17/h9-12,16-17,20-21H,3-8,13-15H2,1-2H3. The molecule has 1 unspecified atom stereocenters. The Kier molecular flexibility index (Phi) is 6.59. The van der Waals surface area contributed by atoms with E-state index >= 15 is 0 Å². The zero-order valence-corrected chi connectivity index (χ0v) is 16.8. The molecule has 6 heteroatoms. The number of nitrogens with zero attached hydrogens (tertiary/aromatic N) is 1. The molecule has 1 aromatic rings. The third-order valence-corrected chi connectivity index (χ3v) is 7.04. The summed E-state index contributed by atoms with van der Waals surface area (Å²) in [7, 11) is -3.49. The molecule has 1 atom stereocenters. The zero-order valence-electron chi connectivity index (χ0n) is 16.0. The normalized spacial score (nSPS) is 20.7. The zero-order chi connectivity index (χ0) is 18.6. The lowest BCUT2D eigenvalue weighted by Gasteiger charge is -2.30. The van der Waals surface area contributed by atoms with Crippen molar-refractivity contribution >= 4 is 10.0 Å². The lowest BCUT2D eigenvalue weighted by atomic mass is 10.0. The number of nitrogens with one attached hydrogen (secondary N) is 1. The molecule has 0 bridgehead atoms. The largest absolute Gasteiger partial charge is 0.490 e. The van der Waals surface area contributed by atoms with Gasteiger partial charge >= 0.3 is 0 Å². The predicted molar refractivity (Wildman–Crippen MR) is 104 cm³/mol. The number of hydrogen-bond acceptors (Lipinski definition) is 4. The molecule has 1 aromatic carbocycles. The monoisotopic (exact) mass is 380 g/mol. The molecule has 1 N–H and O–H groups in total. The summed E-state index contributed by atoms with van der Waals surface area (Å²) in [5.74, 6) is 1.17. The number of ether oxygens (including phenoxy) is 1. The van der Waals surface area contributed by atoms with Crippen LogP contribution in [0.3, 0.4) is 0 Å². The molecule has 2 aliphatic rings. The van der Waals surface area contributed by atoms with Crippen molar-refractivity contribution in [3.63, 3.8) is 0 Å². The van der Waals surface area contributed by atoms with Crippen molar-refractivity contribution in [1.82, 2.24) is 9.62 Å². The fraction of sp³-hybridized carbons (Fsp3) is 0.700. The Morgan fingerprint density at radius 2 is 1.69 bits per heavy atom. The maximum Gasteiger partial charge on any atom is 0.240 e. The fourth-order valence-electron chi connectivity index (χ4n) is 4.03. The van der Waals surface area contributed by atoms with Crippen LogP contribution in [-0.4, -0.2) is 45.1 Å². The van der Waals surface area contributed by atoms with E-state index in [2.05, 4.69) is 23.5 Å². The van der Waals surface area contributed by atoms with Crippen LogP contribution < -0.4 is 9.46 Å². The van der Waals surface area contributed by atoms with E-state index < -0.39 is 10.0 Å². The van der Waals surface area contributed by atoms with Crippen LogP contribution in [0, 0.1) is 5.92 Å². The maximum absolute atomic E-state index is 12.7. The van der Waals surface area contributed by atoms with Crippen LogP contribution in [0.5, 0.6) is 5.75 Å². The molecular formula is C20H32N2O3S. The molecular weight excluding hydrogens is 348 g/mol. The third kappa shape index (κ3) is 4.99. The van der Waals surface area contributed by atoms with E-state index in [0.717, 1.165) is 31.7 Å². The molecule has 3 rings (SSSR count). The predicted octanol–water partition coefficient (Wildman–Crippen LogP) is 3.41. The molecule has 146 valence electrons. The van der Waals surface area contributed by atoms with Gasteiger partial charge in [-0.3, -0.25) is 4.90 Å². The first-order valence-corrected chi connectivity index (χ1v) is 11.4. The van der Waals surface area contributed by atoms with E-state index in [9.17, 15) is 8.42 Å². The molecule has 1 aliphatic heterocycles. The molecule has 0 amide bonds. The summed E-state index contributed by atoms with van der Waals surface area (Å²) in [5, 5.41) is 0. The van der Waals surface area contributed by atoms with E-state index in [4.69, 9.17) is 4.74 Å². The van der Waals surface area contributed by atoms with Gasteiger partial charge in [0.25, 0.3) is 0 Å². The van der Waals surface area contributed by atoms with Crippen molar-refractivity contribution in [3.8, 4) is 5.75 Å². The molecule has 0 spiro atoms. The van der Waals surface area contributed by atoms with Gasteiger partial charge in [0.2, 0.25) is 10.0 Å². The van der Waals surface area contributed by atoms with E-state index in [1.807, 2.05) is 0 Å². The highest BCUT2D eigenvalue weighted by molar-refractivity contribution is 7.89. The minimum absolute atomic E-state index is 0.247. The number of hydrogen-bond donors (Lipinski definition) is 1. The second kappa shape index (κ2) is 8.72. The van der Waals surface area contributed by atoms with Gasteiger partial charge in [0.15, 0.2) is 0 Å². The van der Waals surface area contributed by atoms with Crippen molar-refractivity contribution in [3.05, 3.63) is 24.3 Å². The van der Waals surface area contributed by atoms with Crippen molar-refractivity contribution in [2.75, 3.05) is 19.6 Å². The molecule has 5 nitrogen and oxygen atoms in total. The van der Waals surface area contributed by atoms with E-state index in [1.54, 1.807) is 24.3 Å². The minimum Gasteiger partial charge on any atom is -0.490 e. The first-order valence-electron chi connectivity index (χ1n) is 9.96. The smallest absolute Gasteiger partial charge is 0.240 e. The molecule has 1 heterocycles. The molecule has 1 aliphatic carbocycles. The van der Waals surface area contributed by atoms with Crippen LogP contribution >= 0.6 is 0 Å². The number of likely N-dealkylation sites (tertiary alicyclic amines) is 1. The summed E-state index contributed by atoms with van der Waals surface area (Å²) in [6.45, 7) is 6.91. The van der Waals surface area contributed by atoms with Gasteiger partial charge in [-0.2, -0.15) is 0 Å². The average Bonchev–Trinajstić information content (AvgIpc) is 3.29. The van der Waals surface area contributed by atoms with E-state index in [1.165, 1.54) is 25.7 Å². The molecule has 26 heavy (non-hydrogen) atoms. The summed E-state index contributed by atoms with van der Waals surface area (Å²) in [4.78, 5) is 2.71. The minimum atomic E-state index is -3.49. The molecule has 0 aromatic heterocycles. The van der Waals surface area contributed by atoms with Gasteiger partial charge in [0, 0.05) is 12.6 Å².